The van der Waals surface area contributed by atoms with E-state index in [0.29, 0.717) is 16.5 Å². The van der Waals surface area contributed by atoms with Crippen molar-refractivity contribution in [1.82, 2.24) is 20.1 Å². The lowest BCUT2D eigenvalue weighted by atomic mass is 10.0. The fourth-order valence-corrected chi connectivity index (χ4v) is 3.96. The third kappa shape index (κ3) is 3.72. The molecule has 0 N–H and O–H groups in total. The molecule has 0 unspecified atom stereocenters. The molecule has 1 aromatic carbocycles. The van der Waals surface area contributed by atoms with E-state index in [1.165, 1.54) is 0 Å². The number of likely N-dealkylation sites (N-methyl/N-ethyl adjacent to an activating group) is 1. The average molecular weight is 418 g/mol. The maximum atomic E-state index is 6.32. The quantitative estimate of drug-likeness (QED) is 0.645. The van der Waals surface area contributed by atoms with Crippen LogP contribution >= 0.6 is 23.2 Å². The molecule has 8 heteroatoms. The van der Waals surface area contributed by atoms with Crippen molar-refractivity contribution in [2.24, 2.45) is 0 Å². The molecule has 2 aromatic heterocycles. The average Bonchev–Trinajstić information content (AvgIpc) is 2.71. The summed E-state index contributed by atoms with van der Waals surface area (Å²) in [7, 11) is 3.80. The lowest BCUT2D eigenvalue weighted by molar-refractivity contribution is 0.312. The molecule has 0 aliphatic carbocycles. The second kappa shape index (κ2) is 8.07. The van der Waals surface area contributed by atoms with Crippen LogP contribution in [0.3, 0.4) is 0 Å². The van der Waals surface area contributed by atoms with Crippen molar-refractivity contribution in [3.05, 3.63) is 51.9 Å². The molecule has 0 spiro atoms. The van der Waals surface area contributed by atoms with Crippen LogP contribution in [0.15, 0.2) is 30.6 Å². The summed E-state index contributed by atoms with van der Waals surface area (Å²) in [5.41, 5.74) is 1.63. The summed E-state index contributed by atoms with van der Waals surface area (Å²) < 4.78 is 5.45. The zero-order chi connectivity index (χ0) is 19.7. The summed E-state index contributed by atoms with van der Waals surface area (Å²) in [6.07, 6.45) is 3.68. The van der Waals surface area contributed by atoms with Crippen LogP contribution in [0.4, 0.5) is 5.82 Å². The van der Waals surface area contributed by atoms with E-state index >= 15 is 0 Å². The minimum absolute atomic E-state index is 0.485. The van der Waals surface area contributed by atoms with Crippen molar-refractivity contribution < 1.29 is 4.74 Å². The first-order chi connectivity index (χ1) is 13.6. The summed E-state index contributed by atoms with van der Waals surface area (Å²) in [5.74, 6) is 1.68. The number of piperazine rings is 1. The number of halogens is 2. The molecule has 4 rings (SSSR count). The highest BCUT2D eigenvalue weighted by molar-refractivity contribution is 6.35. The van der Waals surface area contributed by atoms with Gasteiger partial charge in [0.1, 0.15) is 5.75 Å². The predicted octanol–water partition coefficient (Wildman–Crippen LogP) is 3.68. The van der Waals surface area contributed by atoms with Crippen LogP contribution in [-0.4, -0.2) is 60.4 Å². The van der Waals surface area contributed by atoms with Gasteiger partial charge in [0.2, 0.25) is 0 Å². The Labute approximate surface area is 174 Å². The number of hydrogen-bond donors (Lipinski definition) is 0. The Hall–Kier alpha value is -2.15. The standard InChI is InChI=1S/C20H21Cl2N5O/c1-26-5-7-27(8-6-26)20-15-9-13(28-2)3-4-14(15)19(24-25-20)10-16-17(21)11-23-12-18(16)22/h3-4,9,11-12H,5-8,10H2,1-2H3. The molecular weight excluding hydrogens is 397 g/mol. The van der Waals surface area contributed by atoms with E-state index in [-0.39, 0.29) is 0 Å². The van der Waals surface area contributed by atoms with Crippen LogP contribution < -0.4 is 9.64 Å². The lowest BCUT2D eigenvalue weighted by Gasteiger charge is -2.33. The maximum Gasteiger partial charge on any atom is 0.159 e. The number of nitrogens with zero attached hydrogens (tertiary/aromatic N) is 5. The fraction of sp³-hybridized carbons (Fsp3) is 0.350. The maximum absolute atomic E-state index is 6.32. The second-order valence-corrected chi connectivity index (χ2v) is 7.75. The van der Waals surface area contributed by atoms with Crippen molar-refractivity contribution in [1.29, 1.82) is 0 Å². The number of hydrogen-bond acceptors (Lipinski definition) is 6. The van der Waals surface area contributed by atoms with Crippen LogP contribution in [0.25, 0.3) is 10.8 Å². The van der Waals surface area contributed by atoms with Crippen molar-refractivity contribution in [2.75, 3.05) is 45.2 Å². The number of anilines is 1. The third-order valence-electron chi connectivity index (χ3n) is 5.14. The van der Waals surface area contributed by atoms with Gasteiger partial charge in [-0.2, -0.15) is 5.10 Å². The molecule has 0 bridgehead atoms. The third-order valence-corrected chi connectivity index (χ3v) is 5.79. The van der Waals surface area contributed by atoms with Gasteiger partial charge in [0.15, 0.2) is 5.82 Å². The second-order valence-electron chi connectivity index (χ2n) is 6.93. The first kappa shape index (κ1) is 19.2. The molecule has 0 radical (unpaired) electrons. The van der Waals surface area contributed by atoms with E-state index < -0.39 is 0 Å². The first-order valence-electron chi connectivity index (χ1n) is 9.11. The highest BCUT2D eigenvalue weighted by atomic mass is 35.5. The molecule has 1 fully saturated rings. The number of pyridine rings is 1. The molecule has 3 heterocycles. The molecule has 1 saturated heterocycles. The molecule has 3 aromatic rings. The minimum atomic E-state index is 0.485. The first-order valence-corrected chi connectivity index (χ1v) is 9.87. The summed E-state index contributed by atoms with van der Waals surface area (Å²) in [6.45, 7) is 3.83. The number of aromatic nitrogens is 3. The lowest BCUT2D eigenvalue weighted by Crippen LogP contribution is -2.45. The number of methoxy groups -OCH3 is 1. The summed E-state index contributed by atoms with van der Waals surface area (Å²) in [4.78, 5) is 8.62. The Kier molecular flexibility index (Phi) is 5.53. The van der Waals surface area contributed by atoms with Crippen LogP contribution in [0, 0.1) is 0 Å². The monoisotopic (exact) mass is 417 g/mol. The van der Waals surface area contributed by atoms with Gasteiger partial charge >= 0.3 is 0 Å². The number of fused-ring (bicyclic) bond motifs is 1. The van der Waals surface area contributed by atoms with Crippen molar-refractivity contribution >= 4 is 39.8 Å². The molecule has 0 saturated carbocycles. The largest absolute Gasteiger partial charge is 0.497 e. The van der Waals surface area contributed by atoms with Crippen molar-refractivity contribution in [3.8, 4) is 5.75 Å². The van der Waals surface area contributed by atoms with Gasteiger partial charge in [-0.25, -0.2) is 0 Å². The Morgan fingerprint density at radius 2 is 1.71 bits per heavy atom. The van der Waals surface area contributed by atoms with E-state index in [0.717, 1.165) is 59.8 Å². The SMILES string of the molecule is COc1ccc2c(Cc3c(Cl)cncc3Cl)nnc(N3CCN(C)CC3)c2c1. The Morgan fingerprint density at radius 3 is 2.39 bits per heavy atom. The smallest absolute Gasteiger partial charge is 0.159 e. The van der Waals surface area contributed by atoms with Gasteiger partial charge in [0.25, 0.3) is 0 Å². The summed E-state index contributed by atoms with van der Waals surface area (Å²) in [6, 6.07) is 5.99. The predicted molar refractivity (Wildman–Crippen MR) is 113 cm³/mol. The molecule has 0 atom stereocenters. The van der Waals surface area contributed by atoms with E-state index in [4.69, 9.17) is 27.9 Å². The summed E-state index contributed by atoms with van der Waals surface area (Å²) in [5, 5.41) is 12.2. The molecule has 0 amide bonds. The number of benzene rings is 1. The van der Waals surface area contributed by atoms with Gasteiger partial charge in [-0.3, -0.25) is 4.98 Å². The highest BCUT2D eigenvalue weighted by Gasteiger charge is 2.21. The van der Waals surface area contributed by atoms with E-state index in [9.17, 15) is 0 Å². The van der Waals surface area contributed by atoms with Gasteiger partial charge in [-0.15, -0.1) is 5.10 Å². The minimum Gasteiger partial charge on any atom is -0.497 e. The fourth-order valence-electron chi connectivity index (χ4n) is 3.46. The molecule has 146 valence electrons. The van der Waals surface area contributed by atoms with E-state index in [2.05, 4.69) is 32.0 Å². The normalized spacial score (nSPS) is 15.2. The van der Waals surface area contributed by atoms with E-state index in [1.807, 2.05) is 18.2 Å². The van der Waals surface area contributed by atoms with Gasteiger partial charge < -0.3 is 14.5 Å². The Bertz CT molecular complexity index is 985. The molecule has 1 aliphatic heterocycles. The van der Waals surface area contributed by atoms with Gasteiger partial charge in [0, 0.05) is 55.8 Å². The number of rotatable bonds is 4. The van der Waals surface area contributed by atoms with Gasteiger partial charge in [0.05, 0.1) is 22.8 Å². The van der Waals surface area contributed by atoms with Gasteiger partial charge in [-0.1, -0.05) is 23.2 Å². The highest BCUT2D eigenvalue weighted by Crippen LogP contribution is 2.33. The molecular formula is C20H21Cl2N5O. The Morgan fingerprint density at radius 1 is 1.00 bits per heavy atom. The summed E-state index contributed by atoms with van der Waals surface area (Å²) >= 11 is 12.6. The topological polar surface area (TPSA) is 54.4 Å². The zero-order valence-corrected chi connectivity index (χ0v) is 17.3. The van der Waals surface area contributed by atoms with Crippen LogP contribution in [0.1, 0.15) is 11.3 Å². The van der Waals surface area contributed by atoms with Crippen LogP contribution in [0.5, 0.6) is 5.75 Å². The molecule has 1 aliphatic rings. The molecule has 28 heavy (non-hydrogen) atoms. The molecule has 6 nitrogen and oxygen atoms in total. The zero-order valence-electron chi connectivity index (χ0n) is 15.8. The van der Waals surface area contributed by atoms with Crippen LogP contribution in [-0.2, 0) is 6.42 Å². The van der Waals surface area contributed by atoms with Gasteiger partial charge in [-0.05, 0) is 30.8 Å². The Balaban J connectivity index is 1.80. The van der Waals surface area contributed by atoms with E-state index in [1.54, 1.807) is 19.5 Å². The van der Waals surface area contributed by atoms with Crippen LogP contribution in [0.2, 0.25) is 10.0 Å². The van der Waals surface area contributed by atoms with Crippen molar-refractivity contribution in [3.63, 3.8) is 0 Å². The van der Waals surface area contributed by atoms with Crippen molar-refractivity contribution in [2.45, 2.75) is 6.42 Å². The number of ether oxygens (including phenoxy) is 1.